The molecular weight excluding hydrogens is 216 g/mol. The van der Waals surface area contributed by atoms with E-state index < -0.39 is 6.10 Å². The molecule has 3 heteroatoms. The molecule has 1 atom stereocenters. The molecule has 0 aliphatic carbocycles. The molecular formula is C14H18O3. The molecule has 0 N–H and O–H groups in total. The fraction of sp³-hybridized carbons (Fsp3) is 0.357. The van der Waals surface area contributed by atoms with Crippen molar-refractivity contribution in [3.05, 3.63) is 42.5 Å². The maximum Gasteiger partial charge on any atom is 0.340 e. The Kier molecular flexibility index (Phi) is 6.04. The Morgan fingerprint density at radius 1 is 1.35 bits per heavy atom. The van der Waals surface area contributed by atoms with Crippen molar-refractivity contribution >= 4 is 5.97 Å². The van der Waals surface area contributed by atoms with E-state index in [4.69, 9.17) is 9.47 Å². The second-order valence-corrected chi connectivity index (χ2v) is 3.60. The lowest BCUT2D eigenvalue weighted by atomic mass is 10.2. The molecule has 0 aliphatic rings. The number of methoxy groups -OCH3 is 1. The molecule has 0 spiro atoms. The Labute approximate surface area is 102 Å². The number of para-hydroxylation sites is 1. The lowest BCUT2D eigenvalue weighted by Crippen LogP contribution is -2.27. The predicted octanol–water partition coefficient (Wildman–Crippen LogP) is 2.96. The Bertz CT molecular complexity index is 357. The predicted molar refractivity (Wildman–Crippen MR) is 66.9 cm³/mol. The minimum Gasteiger partial charge on any atom is -0.425 e. The molecule has 0 amide bonds. The number of carbonyl (C=O) groups is 1. The number of esters is 1. The molecule has 0 aromatic heterocycles. The number of carbonyl (C=O) groups excluding carboxylic acids is 1. The first-order valence-electron chi connectivity index (χ1n) is 5.68. The van der Waals surface area contributed by atoms with E-state index in [1.807, 2.05) is 37.3 Å². The average Bonchev–Trinajstić information content (AvgIpc) is 2.36. The van der Waals surface area contributed by atoms with Gasteiger partial charge < -0.3 is 9.47 Å². The molecule has 0 heterocycles. The Morgan fingerprint density at radius 3 is 2.65 bits per heavy atom. The molecule has 1 unspecified atom stereocenters. The van der Waals surface area contributed by atoms with E-state index in [0.717, 1.165) is 6.42 Å². The van der Waals surface area contributed by atoms with Gasteiger partial charge in [0, 0.05) is 7.11 Å². The zero-order valence-corrected chi connectivity index (χ0v) is 10.3. The third-order valence-electron chi connectivity index (χ3n) is 2.34. The second-order valence-electron chi connectivity index (χ2n) is 3.60. The van der Waals surface area contributed by atoms with E-state index in [2.05, 4.69) is 0 Å². The minimum atomic E-state index is -0.508. The van der Waals surface area contributed by atoms with Crippen molar-refractivity contribution in [3.8, 4) is 5.75 Å². The van der Waals surface area contributed by atoms with Gasteiger partial charge in [-0.25, -0.2) is 4.79 Å². The molecule has 1 rings (SSSR count). The molecule has 3 nitrogen and oxygen atoms in total. The Morgan fingerprint density at radius 2 is 2.06 bits per heavy atom. The highest BCUT2D eigenvalue weighted by molar-refractivity contribution is 5.77. The van der Waals surface area contributed by atoms with Gasteiger partial charge in [-0.3, -0.25) is 0 Å². The highest BCUT2D eigenvalue weighted by Crippen LogP contribution is 2.12. The summed E-state index contributed by atoms with van der Waals surface area (Å²) in [7, 11) is 1.52. The number of allylic oxidation sites excluding steroid dienone is 2. The minimum absolute atomic E-state index is 0.344. The van der Waals surface area contributed by atoms with Gasteiger partial charge in [0.15, 0.2) is 6.10 Å². The third kappa shape index (κ3) is 4.83. The quantitative estimate of drug-likeness (QED) is 0.431. The van der Waals surface area contributed by atoms with E-state index in [-0.39, 0.29) is 5.97 Å². The Balaban J connectivity index is 2.49. The van der Waals surface area contributed by atoms with E-state index in [1.54, 1.807) is 12.1 Å². The van der Waals surface area contributed by atoms with Crippen molar-refractivity contribution in [2.75, 3.05) is 7.11 Å². The summed E-state index contributed by atoms with van der Waals surface area (Å²) in [5, 5.41) is 0. The van der Waals surface area contributed by atoms with Crippen LogP contribution in [0.25, 0.3) is 0 Å². The highest BCUT2D eigenvalue weighted by Gasteiger charge is 2.18. The van der Waals surface area contributed by atoms with Crippen LogP contribution in [0, 0.1) is 0 Å². The van der Waals surface area contributed by atoms with Crippen LogP contribution >= 0.6 is 0 Å². The number of hydrogen-bond acceptors (Lipinski definition) is 3. The van der Waals surface area contributed by atoms with Crippen molar-refractivity contribution in [1.29, 1.82) is 0 Å². The first-order valence-corrected chi connectivity index (χ1v) is 5.68. The molecule has 92 valence electrons. The van der Waals surface area contributed by atoms with Gasteiger partial charge in [0.1, 0.15) is 5.75 Å². The summed E-state index contributed by atoms with van der Waals surface area (Å²) in [6.07, 6.45) is 4.88. The zero-order valence-electron chi connectivity index (χ0n) is 10.3. The van der Waals surface area contributed by atoms with Crippen LogP contribution in [0.2, 0.25) is 0 Å². The van der Waals surface area contributed by atoms with Crippen LogP contribution in [-0.2, 0) is 9.53 Å². The van der Waals surface area contributed by atoms with Crippen LogP contribution in [0.1, 0.15) is 19.8 Å². The van der Waals surface area contributed by atoms with Crippen LogP contribution in [0.4, 0.5) is 0 Å². The third-order valence-corrected chi connectivity index (χ3v) is 2.34. The van der Waals surface area contributed by atoms with Gasteiger partial charge in [-0.2, -0.15) is 0 Å². The van der Waals surface area contributed by atoms with Crippen molar-refractivity contribution < 1.29 is 14.3 Å². The summed E-state index contributed by atoms with van der Waals surface area (Å²) < 4.78 is 10.3. The lowest BCUT2D eigenvalue weighted by Gasteiger charge is -2.13. The first kappa shape index (κ1) is 13.5. The number of benzene rings is 1. The number of hydrogen-bond donors (Lipinski definition) is 0. The molecule has 0 saturated carbocycles. The van der Waals surface area contributed by atoms with Gasteiger partial charge in [-0.15, -0.1) is 0 Å². The van der Waals surface area contributed by atoms with Gasteiger partial charge in [-0.1, -0.05) is 30.4 Å². The summed E-state index contributed by atoms with van der Waals surface area (Å²) in [5.41, 5.74) is 0. The maximum absolute atomic E-state index is 11.8. The molecule has 17 heavy (non-hydrogen) atoms. The lowest BCUT2D eigenvalue weighted by molar-refractivity contribution is -0.145. The smallest absolute Gasteiger partial charge is 0.340 e. The first-order chi connectivity index (χ1) is 8.27. The summed E-state index contributed by atoms with van der Waals surface area (Å²) in [4.78, 5) is 11.8. The zero-order chi connectivity index (χ0) is 12.5. The van der Waals surface area contributed by atoms with Gasteiger partial charge in [-0.05, 0) is 31.9 Å². The normalized spacial score (nSPS) is 12.6. The van der Waals surface area contributed by atoms with Crippen LogP contribution in [0.3, 0.4) is 0 Å². The fourth-order valence-corrected chi connectivity index (χ4v) is 1.42. The molecule has 0 aliphatic heterocycles. The van der Waals surface area contributed by atoms with Gasteiger partial charge in [0.25, 0.3) is 0 Å². The van der Waals surface area contributed by atoms with Crippen molar-refractivity contribution in [3.63, 3.8) is 0 Å². The molecule has 0 saturated heterocycles. The van der Waals surface area contributed by atoms with Gasteiger partial charge in [0.2, 0.25) is 0 Å². The monoisotopic (exact) mass is 234 g/mol. The number of rotatable bonds is 6. The molecule has 1 aromatic carbocycles. The summed E-state index contributed by atoms with van der Waals surface area (Å²) in [6.45, 7) is 1.95. The van der Waals surface area contributed by atoms with Crippen molar-refractivity contribution in [2.24, 2.45) is 0 Å². The van der Waals surface area contributed by atoms with Crippen LogP contribution in [0.5, 0.6) is 5.75 Å². The summed E-state index contributed by atoms with van der Waals surface area (Å²) >= 11 is 0. The summed E-state index contributed by atoms with van der Waals surface area (Å²) in [6, 6.07) is 9.01. The Hall–Kier alpha value is -1.61. The average molecular weight is 234 g/mol. The molecule has 1 aromatic rings. The van der Waals surface area contributed by atoms with Gasteiger partial charge in [0.05, 0.1) is 0 Å². The second kappa shape index (κ2) is 7.63. The van der Waals surface area contributed by atoms with Gasteiger partial charge >= 0.3 is 5.97 Å². The highest BCUT2D eigenvalue weighted by atomic mass is 16.6. The molecule has 0 bridgehead atoms. The van der Waals surface area contributed by atoms with E-state index in [9.17, 15) is 4.79 Å². The SMILES string of the molecule is C/C=C/CCC(OC)C(=O)Oc1ccccc1. The number of ether oxygens (including phenoxy) is 2. The van der Waals surface area contributed by atoms with Crippen LogP contribution in [-0.4, -0.2) is 19.2 Å². The fourth-order valence-electron chi connectivity index (χ4n) is 1.42. The van der Waals surface area contributed by atoms with Crippen molar-refractivity contribution in [2.45, 2.75) is 25.9 Å². The molecule has 0 radical (unpaired) electrons. The van der Waals surface area contributed by atoms with E-state index >= 15 is 0 Å². The summed E-state index contributed by atoms with van der Waals surface area (Å²) in [5.74, 6) is 0.203. The topological polar surface area (TPSA) is 35.5 Å². The largest absolute Gasteiger partial charge is 0.425 e. The van der Waals surface area contributed by atoms with Crippen LogP contribution in [0.15, 0.2) is 42.5 Å². The van der Waals surface area contributed by atoms with Crippen LogP contribution < -0.4 is 4.74 Å². The standard InChI is InChI=1S/C14H18O3/c1-3-4-6-11-13(16-2)14(15)17-12-9-7-5-8-10-12/h3-5,7-10,13H,6,11H2,1-2H3/b4-3+. The van der Waals surface area contributed by atoms with Crippen molar-refractivity contribution in [1.82, 2.24) is 0 Å². The van der Waals surface area contributed by atoms with E-state index in [1.165, 1.54) is 7.11 Å². The van der Waals surface area contributed by atoms with E-state index in [0.29, 0.717) is 12.2 Å². The maximum atomic E-state index is 11.8. The molecule has 0 fully saturated rings.